The van der Waals surface area contributed by atoms with Crippen molar-refractivity contribution in [1.29, 1.82) is 0 Å². The SMILES string of the molecule is Cc1cccc(N=Cc2cccn2-c2ccc(N(C)C)cc2)c1. The highest BCUT2D eigenvalue weighted by atomic mass is 15.1. The molecule has 3 nitrogen and oxygen atoms in total. The monoisotopic (exact) mass is 303 g/mol. The van der Waals surface area contributed by atoms with Gasteiger partial charge in [0.2, 0.25) is 0 Å². The Bertz CT molecular complexity index is 811. The number of anilines is 1. The lowest BCUT2D eigenvalue weighted by Crippen LogP contribution is -2.08. The summed E-state index contributed by atoms with van der Waals surface area (Å²) in [7, 11) is 4.09. The highest BCUT2D eigenvalue weighted by Crippen LogP contribution is 2.18. The third kappa shape index (κ3) is 3.51. The van der Waals surface area contributed by atoms with Crippen molar-refractivity contribution in [2.24, 2.45) is 4.99 Å². The Kier molecular flexibility index (Phi) is 4.29. The van der Waals surface area contributed by atoms with Crippen molar-refractivity contribution >= 4 is 17.6 Å². The molecule has 0 aliphatic rings. The summed E-state index contributed by atoms with van der Waals surface area (Å²) in [5.41, 5.74) is 5.57. The Balaban J connectivity index is 1.87. The predicted molar refractivity (Wildman–Crippen MR) is 98.5 cm³/mol. The summed E-state index contributed by atoms with van der Waals surface area (Å²) in [6, 6.07) is 20.8. The molecular formula is C20H21N3. The Morgan fingerprint density at radius 1 is 0.957 bits per heavy atom. The Morgan fingerprint density at radius 3 is 2.43 bits per heavy atom. The van der Waals surface area contributed by atoms with Gasteiger partial charge >= 0.3 is 0 Å². The van der Waals surface area contributed by atoms with E-state index in [0.717, 1.165) is 17.1 Å². The van der Waals surface area contributed by atoms with Gasteiger partial charge in [0, 0.05) is 31.7 Å². The molecule has 0 saturated heterocycles. The number of aromatic nitrogens is 1. The predicted octanol–water partition coefficient (Wildman–Crippen LogP) is 4.60. The van der Waals surface area contributed by atoms with E-state index < -0.39 is 0 Å². The van der Waals surface area contributed by atoms with E-state index in [1.807, 2.05) is 38.5 Å². The molecule has 3 aromatic rings. The van der Waals surface area contributed by atoms with Crippen LogP contribution in [0.2, 0.25) is 0 Å². The van der Waals surface area contributed by atoms with Crippen LogP contribution < -0.4 is 4.90 Å². The van der Waals surface area contributed by atoms with Crippen LogP contribution in [-0.2, 0) is 0 Å². The second-order valence-electron chi connectivity index (χ2n) is 5.81. The number of rotatable bonds is 4. The highest BCUT2D eigenvalue weighted by Gasteiger charge is 2.02. The van der Waals surface area contributed by atoms with Crippen LogP contribution in [0.25, 0.3) is 5.69 Å². The Labute approximate surface area is 137 Å². The fourth-order valence-corrected chi connectivity index (χ4v) is 2.49. The molecule has 0 spiro atoms. The molecule has 2 aromatic carbocycles. The van der Waals surface area contributed by atoms with Crippen LogP contribution in [0, 0.1) is 6.92 Å². The lowest BCUT2D eigenvalue weighted by Gasteiger charge is -2.13. The van der Waals surface area contributed by atoms with Crippen molar-refractivity contribution in [3.05, 3.63) is 78.1 Å². The molecule has 1 heterocycles. The summed E-state index contributed by atoms with van der Waals surface area (Å²) >= 11 is 0. The minimum absolute atomic E-state index is 0.973. The lowest BCUT2D eigenvalue weighted by molar-refractivity contribution is 1.06. The Morgan fingerprint density at radius 2 is 1.74 bits per heavy atom. The van der Waals surface area contributed by atoms with Crippen LogP contribution in [-0.4, -0.2) is 24.9 Å². The van der Waals surface area contributed by atoms with Crippen LogP contribution in [0.3, 0.4) is 0 Å². The zero-order valence-electron chi connectivity index (χ0n) is 13.8. The second kappa shape index (κ2) is 6.53. The van der Waals surface area contributed by atoms with Crippen molar-refractivity contribution in [1.82, 2.24) is 4.57 Å². The van der Waals surface area contributed by atoms with E-state index in [1.54, 1.807) is 0 Å². The molecule has 116 valence electrons. The first-order chi connectivity index (χ1) is 11.1. The maximum atomic E-state index is 4.59. The van der Waals surface area contributed by atoms with E-state index >= 15 is 0 Å². The molecule has 0 amide bonds. The van der Waals surface area contributed by atoms with Crippen molar-refractivity contribution < 1.29 is 0 Å². The fraction of sp³-hybridized carbons (Fsp3) is 0.150. The summed E-state index contributed by atoms with van der Waals surface area (Å²) in [6.45, 7) is 2.08. The summed E-state index contributed by atoms with van der Waals surface area (Å²) in [5, 5.41) is 0. The van der Waals surface area contributed by atoms with Crippen LogP contribution in [0.5, 0.6) is 0 Å². The van der Waals surface area contributed by atoms with Gasteiger partial charge in [0.05, 0.1) is 17.6 Å². The van der Waals surface area contributed by atoms with Gasteiger partial charge in [0.1, 0.15) is 0 Å². The second-order valence-corrected chi connectivity index (χ2v) is 5.81. The molecule has 0 aliphatic heterocycles. The van der Waals surface area contributed by atoms with Gasteiger partial charge < -0.3 is 9.47 Å². The first-order valence-electron chi connectivity index (χ1n) is 7.69. The molecule has 0 unspecified atom stereocenters. The van der Waals surface area contributed by atoms with E-state index in [-0.39, 0.29) is 0 Å². The van der Waals surface area contributed by atoms with Gasteiger partial charge in [-0.05, 0) is 61.0 Å². The van der Waals surface area contributed by atoms with Crippen molar-refractivity contribution in [2.75, 3.05) is 19.0 Å². The average Bonchev–Trinajstić information content (AvgIpc) is 3.01. The molecule has 3 rings (SSSR count). The molecule has 0 aliphatic carbocycles. The van der Waals surface area contributed by atoms with E-state index in [1.165, 1.54) is 11.3 Å². The fourth-order valence-electron chi connectivity index (χ4n) is 2.49. The minimum atomic E-state index is 0.973. The normalized spacial score (nSPS) is 11.1. The van der Waals surface area contributed by atoms with Crippen LogP contribution in [0.4, 0.5) is 11.4 Å². The molecule has 23 heavy (non-hydrogen) atoms. The number of aryl methyl sites for hydroxylation is 1. The molecule has 0 N–H and O–H groups in total. The third-order valence-corrected chi connectivity index (χ3v) is 3.77. The van der Waals surface area contributed by atoms with Gasteiger partial charge in [-0.25, -0.2) is 0 Å². The largest absolute Gasteiger partial charge is 0.378 e. The number of hydrogen-bond donors (Lipinski definition) is 0. The van der Waals surface area contributed by atoms with Gasteiger partial charge in [0.25, 0.3) is 0 Å². The molecule has 0 atom stereocenters. The minimum Gasteiger partial charge on any atom is -0.378 e. The number of aliphatic imine (C=N–C) groups is 1. The Hall–Kier alpha value is -2.81. The molecule has 3 heteroatoms. The number of hydrogen-bond acceptors (Lipinski definition) is 2. The van der Waals surface area contributed by atoms with Crippen LogP contribution in [0.1, 0.15) is 11.3 Å². The van der Waals surface area contributed by atoms with Gasteiger partial charge in [-0.1, -0.05) is 12.1 Å². The summed E-state index contributed by atoms with van der Waals surface area (Å²) in [5.74, 6) is 0. The zero-order valence-corrected chi connectivity index (χ0v) is 13.8. The molecular weight excluding hydrogens is 282 g/mol. The third-order valence-electron chi connectivity index (χ3n) is 3.77. The number of nitrogens with zero attached hydrogens (tertiary/aromatic N) is 3. The number of benzene rings is 2. The van der Waals surface area contributed by atoms with Crippen LogP contribution >= 0.6 is 0 Å². The first-order valence-corrected chi connectivity index (χ1v) is 7.69. The smallest absolute Gasteiger partial charge is 0.0639 e. The topological polar surface area (TPSA) is 20.5 Å². The standard InChI is InChI=1S/C20H21N3/c1-16-6-4-7-17(14-16)21-15-20-8-5-13-23(20)19-11-9-18(10-12-19)22(2)3/h4-15H,1-3H3. The molecule has 0 bridgehead atoms. The van der Waals surface area contributed by atoms with Gasteiger partial charge in [-0.15, -0.1) is 0 Å². The summed E-state index contributed by atoms with van der Waals surface area (Å²) in [6.07, 6.45) is 3.97. The molecule has 0 fully saturated rings. The van der Waals surface area contributed by atoms with E-state index in [9.17, 15) is 0 Å². The van der Waals surface area contributed by atoms with Crippen molar-refractivity contribution in [3.63, 3.8) is 0 Å². The zero-order chi connectivity index (χ0) is 16.2. The van der Waals surface area contributed by atoms with E-state index in [0.29, 0.717) is 0 Å². The van der Waals surface area contributed by atoms with Gasteiger partial charge in [0.15, 0.2) is 0 Å². The average molecular weight is 303 g/mol. The maximum absolute atomic E-state index is 4.59. The molecule has 0 radical (unpaired) electrons. The quantitative estimate of drug-likeness (QED) is 0.645. The van der Waals surface area contributed by atoms with E-state index in [2.05, 4.69) is 70.0 Å². The first kappa shape index (κ1) is 15.1. The maximum Gasteiger partial charge on any atom is 0.0639 e. The van der Waals surface area contributed by atoms with Crippen molar-refractivity contribution in [2.45, 2.75) is 6.92 Å². The lowest BCUT2D eigenvalue weighted by atomic mass is 10.2. The summed E-state index contributed by atoms with van der Waals surface area (Å²) < 4.78 is 2.14. The summed E-state index contributed by atoms with van der Waals surface area (Å²) in [4.78, 5) is 6.68. The van der Waals surface area contributed by atoms with Gasteiger partial charge in [-0.3, -0.25) is 4.99 Å². The van der Waals surface area contributed by atoms with E-state index in [4.69, 9.17) is 0 Å². The molecule has 1 aromatic heterocycles. The highest BCUT2D eigenvalue weighted by molar-refractivity contribution is 5.81. The molecule has 0 saturated carbocycles. The van der Waals surface area contributed by atoms with Crippen molar-refractivity contribution in [3.8, 4) is 5.69 Å². The van der Waals surface area contributed by atoms with Crippen LogP contribution in [0.15, 0.2) is 71.9 Å². The van der Waals surface area contributed by atoms with Gasteiger partial charge in [-0.2, -0.15) is 0 Å².